The summed E-state index contributed by atoms with van der Waals surface area (Å²) in [6, 6.07) is 29.3. The lowest BCUT2D eigenvalue weighted by molar-refractivity contribution is 0.548. The molecular formula is C27H27N5S. The fourth-order valence-corrected chi connectivity index (χ4v) is 4.91. The second-order valence-corrected chi connectivity index (χ2v) is 8.86. The average molecular weight is 454 g/mol. The maximum atomic E-state index is 5.90. The smallest absolute Gasteiger partial charge is 0.174 e. The summed E-state index contributed by atoms with van der Waals surface area (Å²) in [6.45, 7) is 2.14. The number of rotatable bonds is 5. The van der Waals surface area contributed by atoms with Crippen LogP contribution in [0.15, 0.2) is 91.1 Å². The molecule has 166 valence electrons. The van der Waals surface area contributed by atoms with E-state index in [-0.39, 0.29) is 12.1 Å². The maximum absolute atomic E-state index is 5.90. The number of nitrogens with zero attached hydrogens (tertiary/aromatic N) is 4. The van der Waals surface area contributed by atoms with Gasteiger partial charge in [-0.25, -0.2) is 0 Å². The van der Waals surface area contributed by atoms with Gasteiger partial charge in [-0.2, -0.15) is 0 Å². The van der Waals surface area contributed by atoms with Crippen LogP contribution < -0.4 is 15.1 Å². The van der Waals surface area contributed by atoms with Gasteiger partial charge in [0, 0.05) is 48.7 Å². The molecule has 1 fully saturated rings. The van der Waals surface area contributed by atoms with Crippen molar-refractivity contribution in [3.05, 3.63) is 108 Å². The Balaban J connectivity index is 1.67. The topological polar surface area (TPSA) is 36.3 Å². The molecule has 0 spiro atoms. The summed E-state index contributed by atoms with van der Waals surface area (Å²) in [6.07, 6.45) is 1.84. The lowest BCUT2D eigenvalue weighted by Gasteiger charge is -2.29. The molecule has 0 aliphatic carbocycles. The number of aryl methyl sites for hydroxylation is 1. The molecule has 2 aromatic carbocycles. The van der Waals surface area contributed by atoms with Gasteiger partial charge >= 0.3 is 0 Å². The van der Waals surface area contributed by atoms with E-state index in [1.807, 2.05) is 38.5 Å². The number of hydrogen-bond donors (Lipinski definition) is 1. The highest BCUT2D eigenvalue weighted by Gasteiger charge is 2.42. The molecule has 0 radical (unpaired) electrons. The zero-order valence-corrected chi connectivity index (χ0v) is 19.8. The molecule has 0 saturated carbocycles. The molecule has 6 heteroatoms. The van der Waals surface area contributed by atoms with E-state index < -0.39 is 0 Å². The fraction of sp³-hybridized carbons (Fsp3) is 0.185. The van der Waals surface area contributed by atoms with Crippen molar-refractivity contribution < 1.29 is 0 Å². The minimum Gasteiger partial charge on any atom is -0.378 e. The zero-order valence-electron chi connectivity index (χ0n) is 19.0. The highest BCUT2D eigenvalue weighted by Crippen LogP contribution is 2.43. The predicted octanol–water partition coefficient (Wildman–Crippen LogP) is 5.42. The summed E-state index contributed by atoms with van der Waals surface area (Å²) < 4.78 is 2.32. The summed E-state index contributed by atoms with van der Waals surface area (Å²) in [5, 5.41) is 4.26. The first kappa shape index (κ1) is 21.2. The molecule has 0 bridgehead atoms. The molecule has 2 aromatic heterocycles. The Labute approximate surface area is 200 Å². The van der Waals surface area contributed by atoms with E-state index in [0.29, 0.717) is 5.11 Å². The summed E-state index contributed by atoms with van der Waals surface area (Å²) in [4.78, 5) is 9.01. The molecule has 3 heterocycles. The number of para-hydroxylation sites is 1. The standard InChI is InChI=1S/C27H27N5S/c1-19-12-17-24(31(19)21-9-5-4-6-10-21)26-25(23-11-7-8-18-28-23)29-27(33)32(26)22-15-13-20(14-16-22)30(2)3/h4-18,25-26H,1-3H3,(H,29,33). The Morgan fingerprint density at radius 2 is 1.58 bits per heavy atom. The second-order valence-electron chi connectivity index (χ2n) is 8.48. The Bertz CT molecular complexity index is 1250. The third kappa shape index (κ3) is 3.87. The minimum atomic E-state index is -0.0796. The predicted molar refractivity (Wildman–Crippen MR) is 139 cm³/mol. The first-order valence-electron chi connectivity index (χ1n) is 11.1. The molecule has 1 aliphatic heterocycles. The Morgan fingerprint density at radius 1 is 0.848 bits per heavy atom. The first-order chi connectivity index (χ1) is 16.0. The summed E-state index contributed by atoms with van der Waals surface area (Å²) in [5.41, 5.74) is 6.65. The van der Waals surface area contributed by atoms with Gasteiger partial charge in [0.15, 0.2) is 5.11 Å². The van der Waals surface area contributed by atoms with Crippen molar-refractivity contribution in [2.24, 2.45) is 0 Å². The molecule has 33 heavy (non-hydrogen) atoms. The number of hydrogen-bond acceptors (Lipinski definition) is 3. The fourth-order valence-electron chi connectivity index (χ4n) is 4.56. The van der Waals surface area contributed by atoms with Crippen LogP contribution >= 0.6 is 12.2 Å². The van der Waals surface area contributed by atoms with Crippen molar-refractivity contribution in [3.8, 4) is 5.69 Å². The molecule has 0 amide bonds. The van der Waals surface area contributed by atoms with Gasteiger partial charge in [0.2, 0.25) is 0 Å². The van der Waals surface area contributed by atoms with Crippen LogP contribution in [0, 0.1) is 6.92 Å². The van der Waals surface area contributed by atoms with Crippen molar-refractivity contribution >= 4 is 28.7 Å². The number of thiocarbonyl (C=S) groups is 1. The molecular weight excluding hydrogens is 426 g/mol. The van der Waals surface area contributed by atoms with E-state index in [0.717, 1.165) is 22.8 Å². The SMILES string of the molecule is Cc1ccc(C2C(c3ccccn3)NC(=S)N2c2ccc(N(C)C)cc2)n1-c1ccccc1. The highest BCUT2D eigenvalue weighted by molar-refractivity contribution is 7.80. The van der Waals surface area contributed by atoms with Crippen LogP contribution in [0.2, 0.25) is 0 Å². The first-order valence-corrected chi connectivity index (χ1v) is 11.5. The Hall–Kier alpha value is -3.64. The van der Waals surface area contributed by atoms with Crippen LogP contribution in [0.3, 0.4) is 0 Å². The lowest BCUT2D eigenvalue weighted by Crippen LogP contribution is -2.30. The van der Waals surface area contributed by atoms with E-state index in [1.165, 1.54) is 11.4 Å². The molecule has 1 saturated heterocycles. The zero-order chi connectivity index (χ0) is 22.9. The van der Waals surface area contributed by atoms with Crippen LogP contribution in [0.4, 0.5) is 11.4 Å². The molecule has 1 aliphatic rings. The molecule has 2 atom stereocenters. The lowest BCUT2D eigenvalue weighted by atomic mass is 10.0. The number of pyridine rings is 1. The van der Waals surface area contributed by atoms with Crippen molar-refractivity contribution in [1.29, 1.82) is 0 Å². The number of nitrogens with one attached hydrogen (secondary N) is 1. The largest absolute Gasteiger partial charge is 0.378 e. The van der Waals surface area contributed by atoms with Crippen LogP contribution in [0.5, 0.6) is 0 Å². The number of aromatic nitrogens is 2. The number of benzene rings is 2. The van der Waals surface area contributed by atoms with Gasteiger partial charge in [-0.1, -0.05) is 24.3 Å². The van der Waals surface area contributed by atoms with Crippen molar-refractivity contribution in [2.45, 2.75) is 19.0 Å². The second kappa shape index (κ2) is 8.71. The molecule has 4 aromatic rings. The Morgan fingerprint density at radius 3 is 2.24 bits per heavy atom. The van der Waals surface area contributed by atoms with Gasteiger partial charge in [-0.05, 0) is 79.8 Å². The van der Waals surface area contributed by atoms with Crippen LogP contribution in [-0.4, -0.2) is 28.8 Å². The van der Waals surface area contributed by atoms with Gasteiger partial charge in [0.05, 0.1) is 11.7 Å². The third-order valence-corrected chi connectivity index (χ3v) is 6.48. The van der Waals surface area contributed by atoms with Crippen molar-refractivity contribution in [3.63, 3.8) is 0 Å². The van der Waals surface area contributed by atoms with Gasteiger partial charge in [0.25, 0.3) is 0 Å². The van der Waals surface area contributed by atoms with Crippen LogP contribution in [0.1, 0.15) is 29.2 Å². The van der Waals surface area contributed by atoms with Crippen LogP contribution in [0.25, 0.3) is 5.69 Å². The Kier molecular flexibility index (Phi) is 5.60. The monoisotopic (exact) mass is 453 g/mol. The quantitative estimate of drug-likeness (QED) is 0.408. The van der Waals surface area contributed by atoms with E-state index in [9.17, 15) is 0 Å². The summed E-state index contributed by atoms with van der Waals surface area (Å²) >= 11 is 5.90. The minimum absolute atomic E-state index is 0.0634. The third-order valence-electron chi connectivity index (χ3n) is 6.17. The van der Waals surface area contributed by atoms with E-state index in [1.54, 1.807) is 0 Å². The van der Waals surface area contributed by atoms with Gasteiger partial charge in [-0.3, -0.25) is 4.98 Å². The van der Waals surface area contributed by atoms with E-state index in [4.69, 9.17) is 12.2 Å². The van der Waals surface area contributed by atoms with Crippen LogP contribution in [-0.2, 0) is 0 Å². The van der Waals surface area contributed by atoms with Gasteiger partial charge < -0.3 is 19.7 Å². The highest BCUT2D eigenvalue weighted by atomic mass is 32.1. The molecule has 1 N–H and O–H groups in total. The van der Waals surface area contributed by atoms with Crippen molar-refractivity contribution in [1.82, 2.24) is 14.9 Å². The van der Waals surface area contributed by atoms with E-state index in [2.05, 4.69) is 98.3 Å². The molecule has 5 rings (SSSR count). The normalized spacial score (nSPS) is 17.8. The van der Waals surface area contributed by atoms with Gasteiger partial charge in [0.1, 0.15) is 6.04 Å². The average Bonchev–Trinajstić information content (AvgIpc) is 3.39. The summed E-state index contributed by atoms with van der Waals surface area (Å²) in [7, 11) is 4.10. The molecule has 5 nitrogen and oxygen atoms in total. The maximum Gasteiger partial charge on any atom is 0.174 e. The van der Waals surface area contributed by atoms with Crippen molar-refractivity contribution in [2.75, 3.05) is 23.9 Å². The summed E-state index contributed by atoms with van der Waals surface area (Å²) in [5.74, 6) is 0. The van der Waals surface area contributed by atoms with Gasteiger partial charge in [-0.15, -0.1) is 0 Å². The van der Waals surface area contributed by atoms with E-state index >= 15 is 0 Å². The molecule has 2 unspecified atom stereocenters. The number of anilines is 2.